The summed E-state index contributed by atoms with van der Waals surface area (Å²) in [6, 6.07) is 25.8. The molecular weight excluding hydrogens is 298 g/mol. The van der Waals surface area contributed by atoms with Gasteiger partial charge in [-0.05, 0) is 21.9 Å². The molecule has 0 aromatic heterocycles. The topological polar surface area (TPSA) is 50.1 Å². The maximum absolute atomic E-state index is 12.1. The number of benzene rings is 3. The molecule has 0 aliphatic carbocycles. The molecule has 118 valence electrons. The highest BCUT2D eigenvalue weighted by molar-refractivity contribution is 5.84. The first-order valence-corrected chi connectivity index (χ1v) is 7.75. The summed E-state index contributed by atoms with van der Waals surface area (Å²) in [4.78, 5) is 12.1. The second kappa shape index (κ2) is 6.97. The number of methoxy groups -OCH3 is 1. The van der Waals surface area contributed by atoms with Crippen LogP contribution in [0.5, 0.6) is 0 Å². The third-order valence-corrected chi connectivity index (χ3v) is 4.22. The van der Waals surface area contributed by atoms with Crippen molar-refractivity contribution in [1.29, 1.82) is 5.26 Å². The van der Waals surface area contributed by atoms with E-state index in [2.05, 4.69) is 6.07 Å². The molecule has 0 amide bonds. The number of ether oxygens (including phenoxy) is 1. The molecule has 0 radical (unpaired) electrons. The number of rotatable bonds is 4. The van der Waals surface area contributed by atoms with Gasteiger partial charge in [0.1, 0.15) is 0 Å². The van der Waals surface area contributed by atoms with Crippen molar-refractivity contribution in [1.82, 2.24) is 0 Å². The first-order valence-electron chi connectivity index (χ1n) is 7.75. The molecule has 3 rings (SSSR count). The van der Waals surface area contributed by atoms with Crippen molar-refractivity contribution < 1.29 is 9.53 Å². The number of esters is 1. The summed E-state index contributed by atoms with van der Waals surface area (Å²) < 4.78 is 4.85. The van der Waals surface area contributed by atoms with Gasteiger partial charge >= 0.3 is 5.97 Å². The lowest BCUT2D eigenvalue weighted by atomic mass is 9.81. The molecule has 0 heterocycles. The van der Waals surface area contributed by atoms with Crippen molar-refractivity contribution in [2.24, 2.45) is 5.92 Å². The second-order valence-corrected chi connectivity index (χ2v) is 5.62. The van der Waals surface area contributed by atoms with Gasteiger partial charge in [0, 0.05) is 5.92 Å². The Morgan fingerprint density at radius 2 is 1.58 bits per heavy atom. The number of nitrogens with zero attached hydrogens (tertiary/aromatic N) is 1. The Kier molecular flexibility index (Phi) is 4.58. The number of carbonyl (C=O) groups is 1. The molecule has 0 saturated carbocycles. The van der Waals surface area contributed by atoms with Crippen LogP contribution in [0.4, 0.5) is 0 Å². The van der Waals surface area contributed by atoms with Gasteiger partial charge in [-0.3, -0.25) is 4.79 Å². The number of hydrogen-bond acceptors (Lipinski definition) is 3. The van der Waals surface area contributed by atoms with Crippen molar-refractivity contribution in [3.05, 3.63) is 83.9 Å². The largest absolute Gasteiger partial charge is 0.468 e. The van der Waals surface area contributed by atoms with E-state index in [1.807, 2.05) is 72.8 Å². The van der Waals surface area contributed by atoms with Gasteiger partial charge in [0.2, 0.25) is 0 Å². The molecule has 2 atom stereocenters. The minimum absolute atomic E-state index is 0.367. The Morgan fingerprint density at radius 3 is 2.25 bits per heavy atom. The van der Waals surface area contributed by atoms with Crippen LogP contribution in [0.1, 0.15) is 17.0 Å². The average Bonchev–Trinajstić information content (AvgIpc) is 2.65. The Bertz CT molecular complexity index is 896. The van der Waals surface area contributed by atoms with E-state index in [0.717, 1.165) is 21.9 Å². The van der Waals surface area contributed by atoms with Crippen LogP contribution in [0.3, 0.4) is 0 Å². The molecule has 0 fully saturated rings. The minimum Gasteiger partial charge on any atom is -0.468 e. The van der Waals surface area contributed by atoms with E-state index >= 15 is 0 Å². The predicted octanol–water partition coefficient (Wildman–Crippen LogP) is 4.28. The first kappa shape index (κ1) is 15.8. The molecule has 3 heteroatoms. The Morgan fingerprint density at radius 1 is 0.917 bits per heavy atom. The number of fused-ring (bicyclic) bond motifs is 1. The Labute approximate surface area is 141 Å². The summed E-state index contributed by atoms with van der Waals surface area (Å²) in [7, 11) is 1.31. The van der Waals surface area contributed by atoms with E-state index in [0.29, 0.717) is 0 Å². The van der Waals surface area contributed by atoms with Gasteiger partial charge in [0.25, 0.3) is 0 Å². The van der Waals surface area contributed by atoms with Gasteiger partial charge in [-0.25, -0.2) is 0 Å². The zero-order valence-electron chi connectivity index (χ0n) is 13.3. The van der Waals surface area contributed by atoms with Crippen molar-refractivity contribution in [2.45, 2.75) is 5.92 Å². The van der Waals surface area contributed by atoms with Crippen LogP contribution in [0.25, 0.3) is 10.8 Å². The van der Waals surface area contributed by atoms with Crippen molar-refractivity contribution in [3.63, 3.8) is 0 Å². The highest BCUT2D eigenvalue weighted by Gasteiger charge is 2.32. The third-order valence-electron chi connectivity index (χ3n) is 4.22. The average molecular weight is 315 g/mol. The van der Waals surface area contributed by atoms with Crippen LogP contribution in [0, 0.1) is 17.2 Å². The summed E-state index contributed by atoms with van der Waals surface area (Å²) in [6.07, 6.45) is 0. The smallest absolute Gasteiger partial charge is 0.324 e. The second-order valence-electron chi connectivity index (χ2n) is 5.62. The predicted molar refractivity (Wildman–Crippen MR) is 93.4 cm³/mol. The summed E-state index contributed by atoms with van der Waals surface area (Å²) in [5, 5.41) is 11.8. The lowest BCUT2D eigenvalue weighted by Gasteiger charge is -2.22. The van der Waals surface area contributed by atoms with Gasteiger partial charge < -0.3 is 4.74 Å². The van der Waals surface area contributed by atoms with Gasteiger partial charge in [0.05, 0.1) is 13.2 Å². The Balaban J connectivity index is 2.16. The van der Waals surface area contributed by atoms with E-state index < -0.39 is 11.9 Å². The molecule has 3 nitrogen and oxygen atoms in total. The first-order chi connectivity index (χ1) is 11.7. The third kappa shape index (κ3) is 3.00. The van der Waals surface area contributed by atoms with Crippen LogP contribution < -0.4 is 0 Å². The molecular formula is C21H17NO2. The van der Waals surface area contributed by atoms with Gasteiger partial charge in [-0.1, -0.05) is 72.8 Å². The number of hydrogen-bond donors (Lipinski definition) is 0. The van der Waals surface area contributed by atoms with Gasteiger partial charge in [-0.2, -0.15) is 5.26 Å². The maximum Gasteiger partial charge on any atom is 0.324 e. The van der Waals surface area contributed by atoms with Gasteiger partial charge in [0.15, 0.2) is 5.92 Å². The van der Waals surface area contributed by atoms with Crippen molar-refractivity contribution in [2.75, 3.05) is 7.11 Å². The molecule has 0 bridgehead atoms. The monoisotopic (exact) mass is 315 g/mol. The standard InChI is InChI=1S/C21H17NO2/c1-24-21(23)19(14-22)20(16-8-3-2-4-9-16)18-12-11-15-7-5-6-10-17(15)13-18/h2-13,19-20H,1H3/t19?,20-/m1/s1. The lowest BCUT2D eigenvalue weighted by molar-refractivity contribution is -0.143. The fourth-order valence-electron chi connectivity index (χ4n) is 3.03. The van der Waals surface area contributed by atoms with E-state index in [9.17, 15) is 10.1 Å². The zero-order valence-corrected chi connectivity index (χ0v) is 13.3. The SMILES string of the molecule is COC(=O)C(C#N)[C@H](c1ccccc1)c1ccc2ccccc2c1. The van der Waals surface area contributed by atoms with Gasteiger partial charge in [-0.15, -0.1) is 0 Å². The number of carbonyl (C=O) groups excluding carboxylic acids is 1. The normalized spacial score (nSPS) is 13.0. The quantitative estimate of drug-likeness (QED) is 0.675. The fourth-order valence-corrected chi connectivity index (χ4v) is 3.03. The Hall–Kier alpha value is -3.12. The fraction of sp³-hybridized carbons (Fsp3) is 0.143. The molecule has 0 N–H and O–H groups in total. The minimum atomic E-state index is -0.890. The summed E-state index contributed by atoms with van der Waals surface area (Å²) in [5.41, 5.74) is 1.85. The highest BCUT2D eigenvalue weighted by atomic mass is 16.5. The summed E-state index contributed by atoms with van der Waals surface area (Å²) in [6.45, 7) is 0. The molecule has 3 aromatic carbocycles. The highest BCUT2D eigenvalue weighted by Crippen LogP contribution is 2.34. The lowest BCUT2D eigenvalue weighted by Crippen LogP contribution is -2.23. The van der Waals surface area contributed by atoms with E-state index in [-0.39, 0.29) is 5.92 Å². The van der Waals surface area contributed by atoms with Crippen LogP contribution >= 0.6 is 0 Å². The number of nitriles is 1. The van der Waals surface area contributed by atoms with Crippen molar-refractivity contribution >= 4 is 16.7 Å². The molecule has 0 aliphatic heterocycles. The molecule has 0 spiro atoms. The molecule has 0 aliphatic rings. The van der Waals surface area contributed by atoms with E-state index in [1.165, 1.54) is 7.11 Å². The van der Waals surface area contributed by atoms with E-state index in [1.54, 1.807) is 0 Å². The van der Waals surface area contributed by atoms with Crippen LogP contribution in [0.15, 0.2) is 72.8 Å². The molecule has 24 heavy (non-hydrogen) atoms. The summed E-state index contributed by atoms with van der Waals surface area (Å²) in [5.74, 6) is -1.77. The maximum atomic E-state index is 12.1. The van der Waals surface area contributed by atoms with Crippen LogP contribution in [-0.4, -0.2) is 13.1 Å². The molecule has 3 aromatic rings. The van der Waals surface area contributed by atoms with Crippen LogP contribution in [0.2, 0.25) is 0 Å². The molecule has 0 saturated heterocycles. The van der Waals surface area contributed by atoms with Crippen LogP contribution in [-0.2, 0) is 9.53 Å². The summed E-state index contributed by atoms with van der Waals surface area (Å²) >= 11 is 0. The molecule has 1 unspecified atom stereocenters. The van der Waals surface area contributed by atoms with E-state index in [4.69, 9.17) is 4.74 Å². The zero-order chi connectivity index (χ0) is 16.9. The van der Waals surface area contributed by atoms with Crippen molar-refractivity contribution in [3.8, 4) is 6.07 Å².